The molecule has 4 rings (SSSR count). The monoisotopic (exact) mass is 352 g/mol. The molecular formula is C21H24N2O3. The Labute approximate surface area is 153 Å². The van der Waals surface area contributed by atoms with E-state index in [2.05, 4.69) is 4.98 Å². The second kappa shape index (κ2) is 7.77. The Morgan fingerprint density at radius 1 is 1.08 bits per heavy atom. The van der Waals surface area contributed by atoms with E-state index >= 15 is 0 Å². The molecule has 5 heteroatoms. The summed E-state index contributed by atoms with van der Waals surface area (Å²) in [6, 6.07) is 11.5. The molecule has 1 unspecified atom stereocenters. The average molecular weight is 352 g/mol. The highest BCUT2D eigenvalue weighted by Gasteiger charge is 2.24. The van der Waals surface area contributed by atoms with Crippen LogP contribution in [-0.2, 0) is 6.42 Å². The van der Waals surface area contributed by atoms with Gasteiger partial charge in [-0.3, -0.25) is 9.78 Å². The average Bonchev–Trinajstić information content (AvgIpc) is 2.72. The molecule has 1 amide bonds. The third-order valence-electron chi connectivity index (χ3n) is 5.03. The first kappa shape index (κ1) is 16.9. The predicted molar refractivity (Wildman–Crippen MR) is 98.7 cm³/mol. The van der Waals surface area contributed by atoms with Crippen LogP contribution in [0.5, 0.6) is 11.5 Å². The molecule has 0 spiro atoms. The van der Waals surface area contributed by atoms with Crippen LogP contribution < -0.4 is 9.47 Å². The van der Waals surface area contributed by atoms with Gasteiger partial charge in [0.15, 0.2) is 11.5 Å². The number of carbonyl (C=O) groups excluding carboxylic acids is 1. The van der Waals surface area contributed by atoms with Crippen LogP contribution in [0.15, 0.2) is 42.6 Å². The van der Waals surface area contributed by atoms with Gasteiger partial charge in [0.25, 0.3) is 5.91 Å². The van der Waals surface area contributed by atoms with Crippen molar-refractivity contribution >= 4 is 5.91 Å². The number of hydrogen-bond acceptors (Lipinski definition) is 4. The first-order valence-electron chi connectivity index (χ1n) is 9.43. The molecule has 1 fully saturated rings. The minimum Gasteiger partial charge on any atom is -0.486 e. The van der Waals surface area contributed by atoms with Gasteiger partial charge in [-0.25, -0.2) is 0 Å². The Balaban J connectivity index is 1.42. The van der Waals surface area contributed by atoms with Crippen LogP contribution in [0.4, 0.5) is 0 Å². The summed E-state index contributed by atoms with van der Waals surface area (Å²) in [5.74, 6) is 1.69. The SMILES string of the molecule is O=C(c1cccnc1CCC1COc2ccccc2O1)N1CCCCC1. The van der Waals surface area contributed by atoms with Gasteiger partial charge in [-0.15, -0.1) is 0 Å². The zero-order valence-electron chi connectivity index (χ0n) is 14.9. The van der Waals surface area contributed by atoms with E-state index in [0.29, 0.717) is 13.0 Å². The number of aryl methyl sites for hydroxylation is 1. The van der Waals surface area contributed by atoms with Crippen molar-refractivity contribution in [3.05, 3.63) is 53.9 Å². The molecule has 5 nitrogen and oxygen atoms in total. The van der Waals surface area contributed by atoms with Gasteiger partial charge in [-0.05, 0) is 56.4 Å². The van der Waals surface area contributed by atoms with Crippen LogP contribution in [0.3, 0.4) is 0 Å². The summed E-state index contributed by atoms with van der Waals surface area (Å²) in [5, 5.41) is 0. The van der Waals surface area contributed by atoms with E-state index in [1.165, 1.54) is 6.42 Å². The van der Waals surface area contributed by atoms with Gasteiger partial charge in [0.2, 0.25) is 0 Å². The lowest BCUT2D eigenvalue weighted by molar-refractivity contribution is 0.0719. The summed E-state index contributed by atoms with van der Waals surface area (Å²) in [6.45, 7) is 2.23. The zero-order valence-corrected chi connectivity index (χ0v) is 14.9. The first-order valence-corrected chi connectivity index (χ1v) is 9.43. The lowest BCUT2D eigenvalue weighted by Gasteiger charge is -2.28. The van der Waals surface area contributed by atoms with Crippen LogP contribution in [0.2, 0.25) is 0 Å². The molecular weight excluding hydrogens is 328 g/mol. The van der Waals surface area contributed by atoms with E-state index in [1.54, 1.807) is 6.20 Å². The second-order valence-corrected chi connectivity index (χ2v) is 6.89. The number of hydrogen-bond donors (Lipinski definition) is 0. The number of nitrogens with zero attached hydrogens (tertiary/aromatic N) is 2. The molecule has 1 aromatic heterocycles. The van der Waals surface area contributed by atoms with Gasteiger partial charge in [-0.2, -0.15) is 0 Å². The van der Waals surface area contributed by atoms with E-state index in [9.17, 15) is 4.79 Å². The largest absolute Gasteiger partial charge is 0.486 e. The standard InChI is InChI=1S/C21H24N2O3/c24-21(23-13-4-1-5-14-23)17-7-6-12-22-18(17)11-10-16-15-25-19-8-2-3-9-20(19)26-16/h2-3,6-9,12,16H,1,4-5,10-11,13-15H2. The number of piperidine rings is 1. The van der Waals surface area contributed by atoms with Gasteiger partial charge in [0, 0.05) is 19.3 Å². The summed E-state index contributed by atoms with van der Waals surface area (Å²) in [4.78, 5) is 19.3. The van der Waals surface area contributed by atoms with Crippen molar-refractivity contribution in [3.63, 3.8) is 0 Å². The predicted octanol–water partition coefficient (Wildman–Crippen LogP) is 3.48. The van der Waals surface area contributed by atoms with Crippen molar-refractivity contribution in [1.29, 1.82) is 0 Å². The Kier molecular flexibility index (Phi) is 5.04. The highest BCUT2D eigenvalue weighted by atomic mass is 16.6. The Hall–Kier alpha value is -2.56. The third kappa shape index (κ3) is 3.66. The number of ether oxygens (including phenoxy) is 2. The number of rotatable bonds is 4. The number of likely N-dealkylation sites (tertiary alicyclic amines) is 1. The Morgan fingerprint density at radius 3 is 2.73 bits per heavy atom. The number of carbonyl (C=O) groups is 1. The number of benzene rings is 1. The van der Waals surface area contributed by atoms with Gasteiger partial charge in [0.05, 0.1) is 11.3 Å². The maximum absolute atomic E-state index is 12.9. The fraction of sp³-hybridized carbons (Fsp3) is 0.429. The molecule has 0 aliphatic carbocycles. The van der Waals surface area contributed by atoms with Crippen molar-refractivity contribution in [3.8, 4) is 11.5 Å². The van der Waals surface area contributed by atoms with Gasteiger partial charge in [-0.1, -0.05) is 12.1 Å². The summed E-state index contributed by atoms with van der Waals surface area (Å²) in [6.07, 6.45) is 6.60. The molecule has 2 aromatic rings. The van der Waals surface area contributed by atoms with Crippen LogP contribution in [0.25, 0.3) is 0 Å². The van der Waals surface area contributed by atoms with Crippen LogP contribution in [-0.4, -0.2) is 41.6 Å². The highest BCUT2D eigenvalue weighted by Crippen LogP contribution is 2.32. The fourth-order valence-corrected chi connectivity index (χ4v) is 3.60. The normalized spacial score (nSPS) is 19.2. The topological polar surface area (TPSA) is 51.7 Å². The van der Waals surface area contributed by atoms with E-state index in [0.717, 1.165) is 55.1 Å². The van der Waals surface area contributed by atoms with Crippen LogP contribution in [0.1, 0.15) is 41.7 Å². The minimum atomic E-state index is -0.0233. The van der Waals surface area contributed by atoms with E-state index in [4.69, 9.17) is 9.47 Å². The van der Waals surface area contributed by atoms with Gasteiger partial charge in [0.1, 0.15) is 12.7 Å². The second-order valence-electron chi connectivity index (χ2n) is 6.89. The molecule has 0 saturated carbocycles. The van der Waals surface area contributed by atoms with E-state index in [1.807, 2.05) is 41.3 Å². The molecule has 1 atom stereocenters. The Morgan fingerprint density at radius 2 is 1.88 bits per heavy atom. The summed E-state index contributed by atoms with van der Waals surface area (Å²) < 4.78 is 11.8. The minimum absolute atomic E-state index is 0.0233. The van der Waals surface area contributed by atoms with Crippen molar-refractivity contribution in [1.82, 2.24) is 9.88 Å². The molecule has 1 saturated heterocycles. The number of fused-ring (bicyclic) bond motifs is 1. The lowest BCUT2D eigenvalue weighted by Crippen LogP contribution is -2.36. The van der Waals surface area contributed by atoms with Crippen molar-refractivity contribution in [2.75, 3.05) is 19.7 Å². The maximum Gasteiger partial charge on any atom is 0.255 e. The highest BCUT2D eigenvalue weighted by molar-refractivity contribution is 5.95. The number of pyridine rings is 1. The van der Waals surface area contributed by atoms with E-state index in [-0.39, 0.29) is 12.0 Å². The van der Waals surface area contributed by atoms with Crippen molar-refractivity contribution < 1.29 is 14.3 Å². The molecule has 1 aromatic carbocycles. The smallest absolute Gasteiger partial charge is 0.255 e. The summed E-state index contributed by atoms with van der Waals surface area (Å²) >= 11 is 0. The molecule has 3 heterocycles. The third-order valence-corrected chi connectivity index (χ3v) is 5.03. The van der Waals surface area contributed by atoms with Crippen molar-refractivity contribution in [2.45, 2.75) is 38.2 Å². The fourth-order valence-electron chi connectivity index (χ4n) is 3.60. The molecule has 136 valence electrons. The molecule has 2 aliphatic heterocycles. The lowest BCUT2D eigenvalue weighted by atomic mass is 10.0. The Bertz CT molecular complexity index is 771. The first-order chi connectivity index (χ1) is 12.8. The van der Waals surface area contributed by atoms with Gasteiger partial charge < -0.3 is 14.4 Å². The number of amides is 1. The number of aromatic nitrogens is 1. The quantitative estimate of drug-likeness (QED) is 0.845. The maximum atomic E-state index is 12.9. The molecule has 0 N–H and O–H groups in total. The molecule has 26 heavy (non-hydrogen) atoms. The summed E-state index contributed by atoms with van der Waals surface area (Å²) in [7, 11) is 0. The summed E-state index contributed by atoms with van der Waals surface area (Å²) in [5.41, 5.74) is 1.58. The number of para-hydroxylation sites is 2. The van der Waals surface area contributed by atoms with Crippen LogP contribution in [0, 0.1) is 0 Å². The van der Waals surface area contributed by atoms with Crippen LogP contribution >= 0.6 is 0 Å². The van der Waals surface area contributed by atoms with Crippen molar-refractivity contribution in [2.24, 2.45) is 0 Å². The van der Waals surface area contributed by atoms with Gasteiger partial charge >= 0.3 is 0 Å². The zero-order chi connectivity index (χ0) is 17.8. The van der Waals surface area contributed by atoms with E-state index < -0.39 is 0 Å². The molecule has 2 aliphatic rings. The molecule has 0 bridgehead atoms. The molecule has 0 radical (unpaired) electrons.